The number of alkyl halides is 4. The Balaban J connectivity index is 1.22. The van der Waals surface area contributed by atoms with Crippen molar-refractivity contribution >= 4 is 38.8 Å². The fraction of sp³-hybridized carbons (Fsp3) is 0.171. The molecule has 10 heteroatoms. The van der Waals surface area contributed by atoms with E-state index in [1.54, 1.807) is 54.6 Å². The summed E-state index contributed by atoms with van der Waals surface area (Å²) < 4.78 is 51.9. The summed E-state index contributed by atoms with van der Waals surface area (Å²) in [7, 11) is 0. The summed E-state index contributed by atoms with van der Waals surface area (Å²) in [4.78, 5) is 28.5. The van der Waals surface area contributed by atoms with Gasteiger partial charge in [-0.1, -0.05) is 88.7 Å². The van der Waals surface area contributed by atoms with Gasteiger partial charge in [0.2, 0.25) is 0 Å². The number of pyridine rings is 1. The average Bonchev–Trinajstić information content (AvgIpc) is 3.03. The van der Waals surface area contributed by atoms with Gasteiger partial charge in [-0.2, -0.15) is 13.2 Å². The first-order valence-corrected chi connectivity index (χ1v) is 15.0. The number of fused-ring (bicyclic) bond motifs is 1. The lowest BCUT2D eigenvalue weighted by Crippen LogP contribution is -2.16. The highest BCUT2D eigenvalue weighted by Gasteiger charge is 2.33. The number of benzene rings is 4. The molecule has 0 atom stereocenters. The number of halogens is 4. The molecule has 5 rings (SSSR count). The molecule has 0 aliphatic rings. The number of carbonyl (C=O) groups is 2. The van der Waals surface area contributed by atoms with Crippen LogP contribution in [0.5, 0.6) is 5.75 Å². The molecule has 0 saturated carbocycles. The van der Waals surface area contributed by atoms with Crippen LogP contribution in [-0.4, -0.2) is 22.0 Å². The van der Waals surface area contributed by atoms with Crippen LogP contribution in [0.1, 0.15) is 33.4 Å². The first-order chi connectivity index (χ1) is 21.6. The number of aliphatic hydroxyl groups is 1. The molecule has 0 aliphatic heterocycles. The zero-order valence-corrected chi connectivity index (χ0v) is 25.4. The fourth-order valence-electron chi connectivity index (χ4n) is 4.89. The zero-order valence-electron chi connectivity index (χ0n) is 23.8. The summed E-state index contributed by atoms with van der Waals surface area (Å²) in [6, 6.07) is 25.2. The molecule has 0 aliphatic carbocycles. The Kier molecular flexibility index (Phi) is 9.95. The van der Waals surface area contributed by atoms with Crippen LogP contribution in [0.3, 0.4) is 0 Å². The maximum absolute atomic E-state index is 13.6. The molecule has 0 saturated heterocycles. The number of carbonyl (C=O) groups excluding carboxylic acids is 2. The molecule has 0 amide bonds. The molecule has 0 unspecified atom stereocenters. The van der Waals surface area contributed by atoms with Gasteiger partial charge in [0, 0.05) is 22.5 Å². The van der Waals surface area contributed by atoms with Gasteiger partial charge in [-0.05, 0) is 51.6 Å². The van der Waals surface area contributed by atoms with Crippen molar-refractivity contribution in [3.63, 3.8) is 0 Å². The van der Waals surface area contributed by atoms with Crippen LogP contribution in [0.2, 0.25) is 0 Å². The normalized spacial score (nSPS) is 11.4. The van der Waals surface area contributed by atoms with E-state index in [4.69, 9.17) is 9.47 Å². The molecule has 1 N–H and O–H groups in total. The third kappa shape index (κ3) is 7.95. The lowest BCUT2D eigenvalue weighted by Gasteiger charge is -2.16. The van der Waals surface area contributed by atoms with Crippen molar-refractivity contribution in [1.82, 2.24) is 4.98 Å². The molecule has 6 nitrogen and oxygen atoms in total. The molecular formula is C35H27BrF3NO5. The lowest BCUT2D eigenvalue weighted by molar-refractivity contribution is -0.158. The smallest absolute Gasteiger partial charge is 0.418 e. The van der Waals surface area contributed by atoms with Crippen molar-refractivity contribution in [2.45, 2.75) is 37.6 Å². The number of ether oxygens (including phenoxy) is 2. The van der Waals surface area contributed by atoms with Crippen molar-refractivity contribution in [1.29, 1.82) is 0 Å². The van der Waals surface area contributed by atoms with Crippen LogP contribution in [0.15, 0.2) is 97.2 Å². The van der Waals surface area contributed by atoms with Crippen LogP contribution in [0.25, 0.3) is 22.0 Å². The summed E-state index contributed by atoms with van der Waals surface area (Å²) in [5.41, 5.74) is 3.66. The van der Waals surface area contributed by atoms with E-state index < -0.39 is 30.3 Å². The minimum Gasteiger partial charge on any atom is -0.489 e. The van der Waals surface area contributed by atoms with Crippen LogP contribution in [0.4, 0.5) is 13.2 Å². The van der Waals surface area contributed by atoms with Crippen molar-refractivity contribution < 1.29 is 37.3 Å². The lowest BCUT2D eigenvalue weighted by atomic mass is 9.95. The van der Waals surface area contributed by atoms with Gasteiger partial charge in [-0.15, -0.1) is 0 Å². The van der Waals surface area contributed by atoms with Crippen molar-refractivity contribution in [3.05, 3.63) is 131 Å². The second kappa shape index (κ2) is 14.0. The van der Waals surface area contributed by atoms with E-state index in [9.17, 15) is 27.9 Å². The van der Waals surface area contributed by atoms with Gasteiger partial charge in [-0.3, -0.25) is 14.6 Å². The van der Waals surface area contributed by atoms with Gasteiger partial charge >= 0.3 is 18.1 Å². The topological polar surface area (TPSA) is 85.7 Å². The summed E-state index contributed by atoms with van der Waals surface area (Å²) in [6.07, 6.45) is -3.39. The third-order valence-corrected chi connectivity index (χ3v) is 7.75. The van der Waals surface area contributed by atoms with Crippen molar-refractivity contribution in [2.75, 3.05) is 0 Å². The highest BCUT2D eigenvalue weighted by atomic mass is 79.9. The standard InChI is InChI=1S/C35H27BrF3NO5/c36-18-24-11-7-22(8-12-24)15-31(42)45-32(43)16-23-9-13-25(14-10-23)21-44-28-4-1-3-26(17-28)33-27(20-41)19-40-34-29(33)5-2-6-30(34)35(37,38)39/h1-14,17,19,41H,15-16,18,20-21H2. The molecular weight excluding hydrogens is 651 g/mol. The summed E-state index contributed by atoms with van der Waals surface area (Å²) in [5, 5.41) is 10.9. The molecule has 1 heterocycles. The Morgan fingerprint density at radius 2 is 1.40 bits per heavy atom. The number of hydrogen-bond acceptors (Lipinski definition) is 6. The predicted octanol–water partition coefficient (Wildman–Crippen LogP) is 7.74. The van der Waals surface area contributed by atoms with Gasteiger partial charge in [0.15, 0.2) is 0 Å². The number of aromatic nitrogens is 1. The molecule has 4 aromatic carbocycles. The van der Waals surface area contributed by atoms with E-state index in [2.05, 4.69) is 20.9 Å². The van der Waals surface area contributed by atoms with Gasteiger partial charge in [0.25, 0.3) is 0 Å². The van der Waals surface area contributed by atoms with E-state index in [0.29, 0.717) is 33.3 Å². The van der Waals surface area contributed by atoms with Gasteiger partial charge in [-0.25, -0.2) is 0 Å². The molecule has 45 heavy (non-hydrogen) atoms. The molecule has 0 radical (unpaired) electrons. The van der Waals surface area contributed by atoms with Crippen LogP contribution in [0, 0.1) is 0 Å². The van der Waals surface area contributed by atoms with Gasteiger partial charge in [0.05, 0.1) is 30.5 Å². The van der Waals surface area contributed by atoms with Crippen molar-refractivity contribution in [3.8, 4) is 16.9 Å². The van der Waals surface area contributed by atoms with E-state index in [-0.39, 0.29) is 30.4 Å². The molecule has 1 aromatic heterocycles. The average molecular weight is 679 g/mol. The predicted molar refractivity (Wildman–Crippen MR) is 166 cm³/mol. The molecule has 230 valence electrons. The number of esters is 2. The van der Waals surface area contributed by atoms with Crippen LogP contribution >= 0.6 is 15.9 Å². The molecule has 0 spiro atoms. The highest BCUT2D eigenvalue weighted by molar-refractivity contribution is 9.08. The Morgan fingerprint density at radius 3 is 2.00 bits per heavy atom. The minimum absolute atomic E-state index is 0.000917. The highest BCUT2D eigenvalue weighted by Crippen LogP contribution is 2.39. The third-order valence-electron chi connectivity index (χ3n) is 7.10. The number of rotatable bonds is 10. The van der Waals surface area contributed by atoms with Gasteiger partial charge in [0.1, 0.15) is 12.4 Å². The second-order valence-electron chi connectivity index (χ2n) is 10.3. The summed E-state index contributed by atoms with van der Waals surface area (Å²) in [5.74, 6) is -0.794. The molecule has 0 bridgehead atoms. The first kappa shape index (κ1) is 31.9. The van der Waals surface area contributed by atoms with E-state index in [1.807, 2.05) is 24.3 Å². The minimum atomic E-state index is -4.58. The number of aliphatic hydroxyl groups excluding tert-OH is 1. The fourth-order valence-corrected chi connectivity index (χ4v) is 5.27. The SMILES string of the molecule is O=C(Cc1ccc(CBr)cc1)OC(=O)Cc1ccc(COc2cccc(-c3c(CO)cnc4c(C(F)(F)F)cccc34)c2)cc1. The van der Waals surface area contributed by atoms with Crippen LogP contribution < -0.4 is 4.74 Å². The van der Waals surface area contributed by atoms with Gasteiger partial charge < -0.3 is 14.6 Å². The molecule has 5 aromatic rings. The van der Waals surface area contributed by atoms with Crippen molar-refractivity contribution in [2.24, 2.45) is 0 Å². The largest absolute Gasteiger partial charge is 0.489 e. The van der Waals surface area contributed by atoms with E-state index >= 15 is 0 Å². The Hall–Kier alpha value is -4.54. The Bertz CT molecular complexity index is 1820. The zero-order chi connectivity index (χ0) is 32.0. The number of para-hydroxylation sites is 1. The van der Waals surface area contributed by atoms with E-state index in [0.717, 1.165) is 22.8 Å². The Labute approximate surface area is 265 Å². The summed E-state index contributed by atoms with van der Waals surface area (Å²) in [6.45, 7) is -0.220. The van der Waals surface area contributed by atoms with Crippen LogP contribution in [-0.2, 0) is 51.9 Å². The maximum Gasteiger partial charge on any atom is 0.418 e. The van der Waals surface area contributed by atoms with E-state index in [1.165, 1.54) is 12.3 Å². The Morgan fingerprint density at radius 1 is 0.800 bits per heavy atom. The number of nitrogens with zero attached hydrogens (tertiary/aromatic N) is 1. The molecule has 0 fully saturated rings. The quantitative estimate of drug-likeness (QED) is 0.0925. The first-order valence-electron chi connectivity index (χ1n) is 13.9. The maximum atomic E-state index is 13.6. The monoisotopic (exact) mass is 677 g/mol. The second-order valence-corrected chi connectivity index (χ2v) is 10.9. The number of hydrogen-bond donors (Lipinski definition) is 1. The summed E-state index contributed by atoms with van der Waals surface area (Å²) >= 11 is 3.37.